The minimum absolute atomic E-state index is 0.00301. The van der Waals surface area contributed by atoms with Crippen molar-refractivity contribution in [2.75, 3.05) is 12.0 Å². The summed E-state index contributed by atoms with van der Waals surface area (Å²) >= 11 is 19.7. The molecule has 0 saturated heterocycles. The number of ether oxygens (including phenoxy) is 1. The molecule has 2 amide bonds. The Labute approximate surface area is 234 Å². The molecule has 4 aromatic carbocycles. The zero-order valence-electron chi connectivity index (χ0n) is 20.1. The third-order valence-electron chi connectivity index (χ3n) is 6.38. The molecule has 38 heavy (non-hydrogen) atoms. The average molecular weight is 568 g/mol. The summed E-state index contributed by atoms with van der Waals surface area (Å²) in [7, 11) is 1.59. The summed E-state index contributed by atoms with van der Waals surface area (Å²) in [6, 6.07) is 22.2. The molecule has 1 aliphatic heterocycles. The van der Waals surface area contributed by atoms with Crippen LogP contribution in [0.4, 0.5) is 16.2 Å². The molecule has 0 aromatic heterocycles. The fraction of sp³-hybridized carbons (Fsp3) is 0.103. The summed E-state index contributed by atoms with van der Waals surface area (Å²) < 4.78 is 5.26. The molecule has 0 fully saturated rings. The van der Waals surface area contributed by atoms with Gasteiger partial charge in [-0.15, -0.1) is 0 Å². The standard InChI is InChI=1S/C29H21Cl3N2O4/c1-38-19-11-9-17(10-12-19)15-33-16-22-21(20-5-2-3-6-23(20)30)13-18(28(35)36)14-26(22)34(29(33)37)27-24(31)7-4-8-25(27)32/h2-14H,15-16H2,1H3,(H,35,36). The van der Waals surface area contributed by atoms with Crippen LogP contribution in [0.3, 0.4) is 0 Å². The number of halogens is 3. The second kappa shape index (κ2) is 10.6. The summed E-state index contributed by atoms with van der Waals surface area (Å²) in [6.45, 7) is 0.489. The first-order valence-corrected chi connectivity index (χ1v) is 12.7. The van der Waals surface area contributed by atoms with Crippen LogP contribution in [-0.2, 0) is 13.1 Å². The minimum atomic E-state index is -1.14. The van der Waals surface area contributed by atoms with E-state index in [4.69, 9.17) is 39.5 Å². The van der Waals surface area contributed by atoms with Gasteiger partial charge >= 0.3 is 12.0 Å². The Morgan fingerprint density at radius 1 is 0.895 bits per heavy atom. The number of anilines is 2. The molecule has 5 rings (SSSR count). The summed E-state index contributed by atoms with van der Waals surface area (Å²) in [4.78, 5) is 29.3. The second-order valence-electron chi connectivity index (χ2n) is 8.70. The Morgan fingerprint density at radius 2 is 1.55 bits per heavy atom. The van der Waals surface area contributed by atoms with Gasteiger partial charge in [-0.2, -0.15) is 0 Å². The molecule has 0 spiro atoms. The fourth-order valence-electron chi connectivity index (χ4n) is 4.56. The number of para-hydroxylation sites is 1. The van der Waals surface area contributed by atoms with E-state index in [0.29, 0.717) is 33.1 Å². The molecule has 1 heterocycles. The van der Waals surface area contributed by atoms with E-state index in [2.05, 4.69) is 0 Å². The van der Waals surface area contributed by atoms with Crippen LogP contribution in [0.2, 0.25) is 15.1 Å². The van der Waals surface area contributed by atoms with Gasteiger partial charge in [-0.1, -0.05) is 71.2 Å². The summed E-state index contributed by atoms with van der Waals surface area (Å²) in [5.41, 5.74) is 3.51. The number of carboxylic acids is 1. The van der Waals surface area contributed by atoms with E-state index < -0.39 is 12.0 Å². The van der Waals surface area contributed by atoms with Crippen molar-refractivity contribution in [3.63, 3.8) is 0 Å². The Bertz CT molecular complexity index is 1540. The summed E-state index contributed by atoms with van der Waals surface area (Å²) in [5.74, 6) is -0.435. The van der Waals surface area contributed by atoms with Gasteiger partial charge in [-0.3, -0.25) is 4.90 Å². The SMILES string of the molecule is COc1ccc(CN2Cc3c(-c4ccccc4Cl)cc(C(=O)O)cc3N(c3c(Cl)cccc3Cl)C2=O)cc1. The Kier molecular flexibility index (Phi) is 7.21. The predicted molar refractivity (Wildman–Crippen MR) is 150 cm³/mol. The van der Waals surface area contributed by atoms with Crippen LogP contribution < -0.4 is 9.64 Å². The highest BCUT2D eigenvalue weighted by molar-refractivity contribution is 6.40. The topological polar surface area (TPSA) is 70.1 Å². The van der Waals surface area contributed by atoms with Crippen LogP contribution >= 0.6 is 34.8 Å². The number of hydrogen-bond donors (Lipinski definition) is 1. The molecule has 1 N–H and O–H groups in total. The summed E-state index contributed by atoms with van der Waals surface area (Å²) in [5, 5.41) is 10.9. The van der Waals surface area contributed by atoms with Gasteiger partial charge in [0.25, 0.3) is 0 Å². The Balaban J connectivity index is 1.74. The minimum Gasteiger partial charge on any atom is -0.497 e. The van der Waals surface area contributed by atoms with E-state index in [1.54, 1.807) is 48.4 Å². The molecule has 0 saturated carbocycles. The van der Waals surface area contributed by atoms with Crippen LogP contribution in [-0.4, -0.2) is 29.1 Å². The third kappa shape index (κ3) is 4.78. The first kappa shape index (κ1) is 25.9. The van der Waals surface area contributed by atoms with Crippen molar-refractivity contribution in [1.29, 1.82) is 0 Å². The lowest BCUT2D eigenvalue weighted by atomic mass is 9.93. The number of carbonyl (C=O) groups excluding carboxylic acids is 1. The molecular weight excluding hydrogens is 547 g/mol. The number of urea groups is 1. The lowest BCUT2D eigenvalue weighted by Crippen LogP contribution is -2.44. The van der Waals surface area contributed by atoms with E-state index in [1.165, 1.54) is 11.0 Å². The monoisotopic (exact) mass is 566 g/mol. The number of hydrogen-bond acceptors (Lipinski definition) is 3. The van der Waals surface area contributed by atoms with E-state index in [-0.39, 0.29) is 34.4 Å². The number of fused-ring (bicyclic) bond motifs is 1. The van der Waals surface area contributed by atoms with Crippen molar-refractivity contribution in [3.05, 3.63) is 111 Å². The van der Waals surface area contributed by atoms with Crippen LogP contribution in [0.15, 0.2) is 78.9 Å². The maximum Gasteiger partial charge on any atom is 0.335 e. The average Bonchev–Trinajstić information content (AvgIpc) is 2.90. The fourth-order valence-corrected chi connectivity index (χ4v) is 5.37. The molecule has 4 aromatic rings. The lowest BCUT2D eigenvalue weighted by molar-refractivity contribution is 0.0696. The first-order valence-electron chi connectivity index (χ1n) is 11.6. The van der Waals surface area contributed by atoms with Crippen LogP contribution in [0, 0.1) is 0 Å². The number of carbonyl (C=O) groups is 2. The lowest BCUT2D eigenvalue weighted by Gasteiger charge is -2.39. The first-order chi connectivity index (χ1) is 18.3. The van der Waals surface area contributed by atoms with Gasteiger partial charge in [0.2, 0.25) is 0 Å². The quantitative estimate of drug-likeness (QED) is 0.254. The normalized spacial score (nSPS) is 12.9. The molecule has 0 bridgehead atoms. The van der Waals surface area contributed by atoms with Gasteiger partial charge in [0.1, 0.15) is 5.75 Å². The molecule has 9 heteroatoms. The van der Waals surface area contributed by atoms with Gasteiger partial charge in [0, 0.05) is 22.7 Å². The van der Waals surface area contributed by atoms with Crippen LogP contribution in [0.1, 0.15) is 21.5 Å². The van der Waals surface area contributed by atoms with Crippen LogP contribution in [0.25, 0.3) is 11.1 Å². The molecule has 0 aliphatic carbocycles. The number of benzene rings is 4. The zero-order chi connectivity index (χ0) is 27.0. The van der Waals surface area contributed by atoms with Crippen molar-refractivity contribution in [1.82, 2.24) is 4.90 Å². The predicted octanol–water partition coefficient (Wildman–Crippen LogP) is 8.29. The van der Waals surface area contributed by atoms with Gasteiger partial charge in [0.15, 0.2) is 0 Å². The van der Waals surface area contributed by atoms with Crippen LogP contribution in [0.5, 0.6) is 5.75 Å². The molecular formula is C29H21Cl3N2O4. The van der Waals surface area contributed by atoms with Crippen molar-refractivity contribution in [3.8, 4) is 16.9 Å². The second-order valence-corrected chi connectivity index (χ2v) is 9.92. The number of amides is 2. The molecule has 0 unspecified atom stereocenters. The highest BCUT2D eigenvalue weighted by Gasteiger charge is 2.36. The molecule has 0 atom stereocenters. The molecule has 192 valence electrons. The Hall–Kier alpha value is -3.71. The third-order valence-corrected chi connectivity index (χ3v) is 7.32. The number of carboxylic acid groups (broad SMARTS) is 1. The molecule has 1 aliphatic rings. The van der Waals surface area contributed by atoms with Crippen molar-refractivity contribution in [2.24, 2.45) is 0 Å². The van der Waals surface area contributed by atoms with Crippen molar-refractivity contribution in [2.45, 2.75) is 13.1 Å². The maximum atomic E-state index is 14.1. The highest BCUT2D eigenvalue weighted by Crippen LogP contribution is 2.46. The van der Waals surface area contributed by atoms with E-state index >= 15 is 0 Å². The molecule has 0 radical (unpaired) electrons. The Morgan fingerprint density at radius 3 is 2.18 bits per heavy atom. The van der Waals surface area contributed by atoms with E-state index in [0.717, 1.165) is 5.56 Å². The zero-order valence-corrected chi connectivity index (χ0v) is 22.4. The highest BCUT2D eigenvalue weighted by atomic mass is 35.5. The number of rotatable bonds is 6. The van der Waals surface area contributed by atoms with Gasteiger partial charge < -0.3 is 14.7 Å². The van der Waals surface area contributed by atoms with E-state index in [9.17, 15) is 14.7 Å². The molecule has 6 nitrogen and oxygen atoms in total. The smallest absolute Gasteiger partial charge is 0.335 e. The summed E-state index contributed by atoms with van der Waals surface area (Å²) in [6.07, 6.45) is 0. The van der Waals surface area contributed by atoms with E-state index in [1.807, 2.05) is 36.4 Å². The number of methoxy groups -OCH3 is 1. The van der Waals surface area contributed by atoms with Crippen molar-refractivity contribution < 1.29 is 19.4 Å². The number of nitrogens with zero attached hydrogens (tertiary/aromatic N) is 2. The largest absolute Gasteiger partial charge is 0.497 e. The van der Waals surface area contributed by atoms with Crippen molar-refractivity contribution >= 4 is 58.2 Å². The van der Waals surface area contributed by atoms with Gasteiger partial charge in [0.05, 0.1) is 40.6 Å². The van der Waals surface area contributed by atoms with Gasteiger partial charge in [-0.05, 0) is 53.6 Å². The number of aromatic carboxylic acids is 1. The van der Waals surface area contributed by atoms with Gasteiger partial charge in [-0.25, -0.2) is 9.59 Å². The maximum absolute atomic E-state index is 14.1.